The van der Waals surface area contributed by atoms with E-state index in [4.69, 9.17) is 10.1 Å². The van der Waals surface area contributed by atoms with Crippen molar-refractivity contribution < 1.29 is 23.1 Å². The van der Waals surface area contributed by atoms with Gasteiger partial charge >= 0.3 is 0 Å². The minimum atomic E-state index is -3.08. The average molecular weight is 446 g/mol. The predicted molar refractivity (Wildman–Crippen MR) is 122 cm³/mol. The van der Waals surface area contributed by atoms with Gasteiger partial charge in [0.1, 0.15) is 5.75 Å². The number of alkyl halides is 2. The molecular weight excluding hydrogens is 416 g/mol. The van der Waals surface area contributed by atoms with Crippen LogP contribution in [0.15, 0.2) is 42.5 Å². The van der Waals surface area contributed by atoms with Crippen LogP contribution in [-0.2, 0) is 20.9 Å². The Morgan fingerprint density at radius 2 is 1.62 bits per heavy atom. The van der Waals surface area contributed by atoms with E-state index in [-0.39, 0.29) is 22.4 Å². The summed E-state index contributed by atoms with van der Waals surface area (Å²) in [6.07, 6.45) is 0. The number of rotatable bonds is 7. The van der Waals surface area contributed by atoms with Gasteiger partial charge in [-0.05, 0) is 48.2 Å². The SMILES string of the molecule is COc1ccc(NC(=O)C(C(C)=N)C(=O)Nc2cccc(C(C)(F)F)c2)c(C(C)(C)C)c1. The molecule has 0 fully saturated rings. The van der Waals surface area contributed by atoms with Crippen molar-refractivity contribution in [3.8, 4) is 5.75 Å². The summed E-state index contributed by atoms with van der Waals surface area (Å²) in [5.41, 5.74) is 0.631. The number of hydrogen-bond donors (Lipinski definition) is 3. The van der Waals surface area contributed by atoms with Crippen molar-refractivity contribution in [3.63, 3.8) is 0 Å². The first-order valence-corrected chi connectivity index (χ1v) is 10.1. The van der Waals surface area contributed by atoms with Gasteiger partial charge in [0, 0.05) is 29.6 Å². The van der Waals surface area contributed by atoms with Gasteiger partial charge in [-0.2, -0.15) is 0 Å². The molecular formula is C24H29F2N3O3. The van der Waals surface area contributed by atoms with E-state index in [0.717, 1.165) is 18.6 Å². The fraction of sp³-hybridized carbons (Fsp3) is 0.375. The molecule has 0 saturated heterocycles. The lowest BCUT2D eigenvalue weighted by Crippen LogP contribution is -2.38. The second kappa shape index (κ2) is 9.46. The fourth-order valence-corrected chi connectivity index (χ4v) is 3.18. The summed E-state index contributed by atoms with van der Waals surface area (Å²) in [5.74, 6) is -5.36. The number of nitrogens with one attached hydrogen (secondary N) is 3. The van der Waals surface area contributed by atoms with Crippen molar-refractivity contribution in [2.45, 2.75) is 46.0 Å². The molecule has 6 nitrogen and oxygen atoms in total. The summed E-state index contributed by atoms with van der Waals surface area (Å²) in [4.78, 5) is 25.8. The number of halogens is 2. The fourth-order valence-electron chi connectivity index (χ4n) is 3.18. The largest absolute Gasteiger partial charge is 0.497 e. The Balaban J connectivity index is 2.29. The van der Waals surface area contributed by atoms with Crippen LogP contribution in [0.25, 0.3) is 0 Å². The molecule has 2 amide bonds. The van der Waals surface area contributed by atoms with Gasteiger partial charge in [0.05, 0.1) is 7.11 Å². The van der Waals surface area contributed by atoms with Gasteiger partial charge in [0.25, 0.3) is 5.92 Å². The van der Waals surface area contributed by atoms with Gasteiger partial charge in [-0.15, -0.1) is 0 Å². The number of methoxy groups -OCH3 is 1. The standard InChI is InChI=1S/C24H29F2N3O3/c1-14(27)20(21(30)28-16-9-7-8-15(12-16)24(5,25)26)22(31)29-19-11-10-17(32-6)13-18(19)23(2,3)4/h7-13,20,27H,1-6H3,(H,28,30)(H,29,31). The summed E-state index contributed by atoms with van der Waals surface area (Å²) < 4.78 is 32.5. The molecule has 2 rings (SSSR count). The summed E-state index contributed by atoms with van der Waals surface area (Å²) in [5, 5.41) is 13.2. The van der Waals surface area contributed by atoms with E-state index >= 15 is 0 Å². The molecule has 0 aliphatic carbocycles. The molecule has 3 N–H and O–H groups in total. The Labute approximate surface area is 186 Å². The number of benzene rings is 2. The van der Waals surface area contributed by atoms with Crippen LogP contribution >= 0.6 is 0 Å². The zero-order valence-electron chi connectivity index (χ0n) is 19.1. The molecule has 8 heteroatoms. The van der Waals surface area contributed by atoms with E-state index in [1.165, 1.54) is 25.1 Å². The number of carbonyl (C=O) groups excluding carboxylic acids is 2. The molecule has 0 radical (unpaired) electrons. The third-order valence-corrected chi connectivity index (χ3v) is 4.89. The Morgan fingerprint density at radius 3 is 2.16 bits per heavy atom. The van der Waals surface area contributed by atoms with Crippen molar-refractivity contribution in [1.29, 1.82) is 5.41 Å². The van der Waals surface area contributed by atoms with Crippen molar-refractivity contribution in [1.82, 2.24) is 0 Å². The first kappa shape index (κ1) is 25.0. The summed E-state index contributed by atoms with van der Waals surface area (Å²) in [6, 6.07) is 10.4. The average Bonchev–Trinajstić information content (AvgIpc) is 2.66. The van der Waals surface area contributed by atoms with Crippen LogP contribution in [0.5, 0.6) is 5.75 Å². The molecule has 172 valence electrons. The molecule has 0 aromatic heterocycles. The van der Waals surface area contributed by atoms with Crippen LogP contribution < -0.4 is 15.4 Å². The lowest BCUT2D eigenvalue weighted by Gasteiger charge is -2.25. The first-order valence-electron chi connectivity index (χ1n) is 10.1. The van der Waals surface area contributed by atoms with Crippen LogP contribution in [0.2, 0.25) is 0 Å². The van der Waals surface area contributed by atoms with Crippen molar-refractivity contribution in [2.24, 2.45) is 5.92 Å². The lowest BCUT2D eigenvalue weighted by molar-refractivity contribution is -0.126. The molecule has 0 aliphatic heterocycles. The van der Waals surface area contributed by atoms with Crippen molar-refractivity contribution in [2.75, 3.05) is 17.7 Å². The first-order chi connectivity index (χ1) is 14.7. The molecule has 2 aromatic carbocycles. The van der Waals surface area contributed by atoms with E-state index < -0.39 is 23.7 Å². The lowest BCUT2D eigenvalue weighted by atomic mass is 9.85. The monoisotopic (exact) mass is 445 g/mol. The van der Waals surface area contributed by atoms with Gasteiger partial charge in [-0.25, -0.2) is 8.78 Å². The Hall–Kier alpha value is -3.29. The highest BCUT2D eigenvalue weighted by atomic mass is 19.3. The van der Waals surface area contributed by atoms with Crippen LogP contribution in [-0.4, -0.2) is 24.6 Å². The van der Waals surface area contributed by atoms with Gasteiger partial charge in [0.15, 0.2) is 5.92 Å². The molecule has 0 spiro atoms. The second-order valence-electron chi connectivity index (χ2n) is 8.73. The van der Waals surface area contributed by atoms with Gasteiger partial charge in [-0.3, -0.25) is 9.59 Å². The smallest absolute Gasteiger partial charge is 0.270 e. The Morgan fingerprint density at radius 1 is 1.00 bits per heavy atom. The predicted octanol–water partition coefficient (Wildman–Crippen LogP) is 5.34. The summed E-state index contributed by atoms with van der Waals surface area (Å²) >= 11 is 0. The topological polar surface area (TPSA) is 91.3 Å². The normalized spacial score (nSPS) is 12.6. The van der Waals surface area contributed by atoms with E-state index in [9.17, 15) is 18.4 Å². The summed E-state index contributed by atoms with van der Waals surface area (Å²) in [6.45, 7) is 8.02. The van der Waals surface area contributed by atoms with Crippen LogP contribution in [0.4, 0.5) is 20.2 Å². The molecule has 0 bridgehead atoms. The van der Waals surface area contributed by atoms with E-state index in [1.54, 1.807) is 25.3 Å². The zero-order chi connectivity index (χ0) is 24.3. The summed E-state index contributed by atoms with van der Waals surface area (Å²) in [7, 11) is 1.54. The third kappa shape index (κ3) is 6.12. The van der Waals surface area contributed by atoms with E-state index in [0.29, 0.717) is 11.4 Å². The zero-order valence-corrected chi connectivity index (χ0v) is 19.1. The van der Waals surface area contributed by atoms with Gasteiger partial charge in [-0.1, -0.05) is 32.9 Å². The maximum absolute atomic E-state index is 13.6. The maximum Gasteiger partial charge on any atom is 0.270 e. The molecule has 0 heterocycles. The molecule has 2 aromatic rings. The molecule has 1 unspecified atom stereocenters. The quantitative estimate of drug-likeness (QED) is 0.397. The van der Waals surface area contributed by atoms with Crippen molar-refractivity contribution >= 4 is 28.9 Å². The highest BCUT2D eigenvalue weighted by Crippen LogP contribution is 2.33. The molecule has 0 saturated carbocycles. The number of anilines is 2. The number of ether oxygens (including phenoxy) is 1. The van der Waals surface area contributed by atoms with Crippen LogP contribution in [0, 0.1) is 11.3 Å². The molecule has 1 atom stereocenters. The second-order valence-corrected chi connectivity index (χ2v) is 8.73. The number of amides is 2. The third-order valence-electron chi connectivity index (χ3n) is 4.89. The minimum Gasteiger partial charge on any atom is -0.497 e. The molecule has 32 heavy (non-hydrogen) atoms. The Kier molecular flexibility index (Phi) is 7.38. The van der Waals surface area contributed by atoms with Gasteiger partial charge < -0.3 is 20.8 Å². The maximum atomic E-state index is 13.6. The highest BCUT2D eigenvalue weighted by molar-refractivity contribution is 6.24. The number of carbonyl (C=O) groups is 2. The van der Waals surface area contributed by atoms with Gasteiger partial charge in [0.2, 0.25) is 11.8 Å². The van der Waals surface area contributed by atoms with Crippen molar-refractivity contribution in [3.05, 3.63) is 53.6 Å². The molecule has 0 aliphatic rings. The number of hydrogen-bond acceptors (Lipinski definition) is 4. The van der Waals surface area contributed by atoms with E-state index in [1.807, 2.05) is 20.8 Å². The highest BCUT2D eigenvalue weighted by Gasteiger charge is 2.31. The van der Waals surface area contributed by atoms with E-state index in [2.05, 4.69) is 10.6 Å². The van der Waals surface area contributed by atoms with Crippen LogP contribution in [0.1, 0.15) is 45.7 Å². The Bertz CT molecular complexity index is 1020. The minimum absolute atomic E-state index is 0.118. The van der Waals surface area contributed by atoms with Crippen LogP contribution in [0.3, 0.4) is 0 Å².